The quantitative estimate of drug-likeness (QED) is 0.424. The summed E-state index contributed by atoms with van der Waals surface area (Å²) in [5.41, 5.74) is -0.526. The van der Waals surface area contributed by atoms with Gasteiger partial charge in [-0.05, 0) is 73.0 Å². The molecule has 3 aromatic carbocycles. The SMILES string of the molecule is Fc1cccc(F)c1-c1cc(COCC2(c3ccccc3)CCNCC2)cc(C(F)(F)F)c1. The molecule has 0 radical (unpaired) electrons. The molecule has 1 N–H and O–H groups in total. The van der Waals surface area contributed by atoms with E-state index in [0.29, 0.717) is 6.61 Å². The van der Waals surface area contributed by atoms with Crippen molar-refractivity contribution in [2.45, 2.75) is 31.0 Å². The fraction of sp³-hybridized carbons (Fsp3) is 0.308. The summed E-state index contributed by atoms with van der Waals surface area (Å²) in [4.78, 5) is 0. The maximum Gasteiger partial charge on any atom is 0.416 e. The third-order valence-corrected chi connectivity index (χ3v) is 6.17. The zero-order valence-corrected chi connectivity index (χ0v) is 17.9. The first-order valence-corrected chi connectivity index (χ1v) is 10.8. The van der Waals surface area contributed by atoms with Gasteiger partial charge in [0.2, 0.25) is 0 Å². The molecule has 1 heterocycles. The third kappa shape index (κ3) is 5.25. The van der Waals surface area contributed by atoms with Gasteiger partial charge in [-0.2, -0.15) is 13.2 Å². The summed E-state index contributed by atoms with van der Waals surface area (Å²) in [7, 11) is 0. The predicted octanol–water partition coefficient (Wildman–Crippen LogP) is 6.49. The topological polar surface area (TPSA) is 21.3 Å². The Labute approximate surface area is 189 Å². The minimum Gasteiger partial charge on any atom is -0.376 e. The summed E-state index contributed by atoms with van der Waals surface area (Å²) >= 11 is 0. The van der Waals surface area contributed by atoms with Gasteiger partial charge in [0.15, 0.2) is 0 Å². The van der Waals surface area contributed by atoms with Crippen LogP contribution in [0.25, 0.3) is 11.1 Å². The van der Waals surface area contributed by atoms with Gasteiger partial charge in [0.05, 0.1) is 24.3 Å². The number of piperidine rings is 1. The lowest BCUT2D eigenvalue weighted by Gasteiger charge is -2.38. The second-order valence-corrected chi connectivity index (χ2v) is 8.40. The summed E-state index contributed by atoms with van der Waals surface area (Å²) in [6.45, 7) is 1.87. The van der Waals surface area contributed by atoms with Crippen molar-refractivity contribution in [2.24, 2.45) is 0 Å². The van der Waals surface area contributed by atoms with Gasteiger partial charge < -0.3 is 10.1 Å². The van der Waals surface area contributed by atoms with Crippen molar-refractivity contribution >= 4 is 0 Å². The van der Waals surface area contributed by atoms with E-state index in [2.05, 4.69) is 5.32 Å². The lowest BCUT2D eigenvalue weighted by molar-refractivity contribution is -0.137. The molecule has 0 spiro atoms. The van der Waals surface area contributed by atoms with Crippen LogP contribution >= 0.6 is 0 Å². The number of ether oxygens (including phenoxy) is 1. The number of nitrogens with one attached hydrogen (secondary N) is 1. The molecule has 174 valence electrons. The van der Waals surface area contributed by atoms with Crippen LogP contribution < -0.4 is 5.32 Å². The van der Waals surface area contributed by atoms with Crippen molar-refractivity contribution < 1.29 is 26.7 Å². The summed E-state index contributed by atoms with van der Waals surface area (Å²) in [5, 5.41) is 3.33. The zero-order valence-electron chi connectivity index (χ0n) is 17.9. The Morgan fingerprint density at radius 3 is 2.15 bits per heavy atom. The standard InChI is InChI=1S/C26H24F5NO/c27-22-7-4-8-23(28)24(22)19-13-18(14-21(15-19)26(29,30)31)16-33-17-25(9-11-32-12-10-25)20-5-2-1-3-6-20/h1-8,13-15,32H,9-12,16-17H2. The first kappa shape index (κ1) is 23.4. The summed E-state index contributed by atoms with van der Waals surface area (Å²) in [6, 6.07) is 16.2. The fourth-order valence-electron chi connectivity index (χ4n) is 4.43. The highest BCUT2D eigenvalue weighted by Gasteiger charge is 2.35. The molecule has 1 aliphatic rings. The highest BCUT2D eigenvalue weighted by molar-refractivity contribution is 5.66. The number of hydrogen-bond donors (Lipinski definition) is 1. The molecule has 0 bridgehead atoms. The molecule has 7 heteroatoms. The van der Waals surface area contributed by atoms with Crippen molar-refractivity contribution in [2.75, 3.05) is 19.7 Å². The van der Waals surface area contributed by atoms with E-state index in [4.69, 9.17) is 4.74 Å². The number of halogens is 5. The first-order chi connectivity index (χ1) is 15.8. The minimum absolute atomic E-state index is 0.102. The Morgan fingerprint density at radius 1 is 0.848 bits per heavy atom. The Bertz CT molecular complexity index is 1070. The lowest BCUT2D eigenvalue weighted by Crippen LogP contribution is -2.43. The van der Waals surface area contributed by atoms with E-state index in [1.54, 1.807) is 0 Å². The van der Waals surface area contributed by atoms with Gasteiger partial charge in [0.25, 0.3) is 0 Å². The number of alkyl halides is 3. The van der Waals surface area contributed by atoms with Gasteiger partial charge in [0, 0.05) is 5.41 Å². The maximum atomic E-state index is 14.3. The van der Waals surface area contributed by atoms with Gasteiger partial charge in [-0.1, -0.05) is 36.4 Å². The molecule has 1 fully saturated rings. The number of benzene rings is 3. The molecule has 0 saturated carbocycles. The van der Waals surface area contributed by atoms with Crippen LogP contribution in [0.15, 0.2) is 66.7 Å². The fourth-order valence-corrected chi connectivity index (χ4v) is 4.43. The monoisotopic (exact) mass is 461 g/mol. The molecule has 3 aromatic rings. The van der Waals surface area contributed by atoms with Gasteiger partial charge in [-0.3, -0.25) is 0 Å². The van der Waals surface area contributed by atoms with E-state index in [0.717, 1.165) is 55.8 Å². The van der Waals surface area contributed by atoms with Crippen LogP contribution in [0, 0.1) is 11.6 Å². The second kappa shape index (κ2) is 9.61. The van der Waals surface area contributed by atoms with Crippen LogP contribution in [0.1, 0.15) is 29.5 Å². The van der Waals surface area contributed by atoms with Crippen LogP contribution in [0.2, 0.25) is 0 Å². The van der Waals surface area contributed by atoms with E-state index in [-0.39, 0.29) is 23.1 Å². The summed E-state index contributed by atoms with van der Waals surface area (Å²) in [5.74, 6) is -1.84. The zero-order chi connectivity index (χ0) is 23.5. The summed E-state index contributed by atoms with van der Waals surface area (Å²) < 4.78 is 75.1. The molecule has 1 aliphatic heterocycles. The van der Waals surface area contributed by atoms with Crippen LogP contribution in [-0.4, -0.2) is 19.7 Å². The second-order valence-electron chi connectivity index (χ2n) is 8.40. The maximum absolute atomic E-state index is 14.3. The van der Waals surface area contributed by atoms with Crippen LogP contribution in [0.3, 0.4) is 0 Å². The molecule has 0 aromatic heterocycles. The molecule has 2 nitrogen and oxygen atoms in total. The van der Waals surface area contributed by atoms with Crippen LogP contribution in [0.4, 0.5) is 22.0 Å². The van der Waals surface area contributed by atoms with Gasteiger partial charge >= 0.3 is 6.18 Å². The first-order valence-electron chi connectivity index (χ1n) is 10.8. The van der Waals surface area contributed by atoms with Crippen LogP contribution in [-0.2, 0) is 22.9 Å². The van der Waals surface area contributed by atoms with E-state index in [1.165, 1.54) is 12.1 Å². The van der Waals surface area contributed by atoms with Crippen molar-refractivity contribution in [1.29, 1.82) is 0 Å². The average molecular weight is 461 g/mol. The Hall–Kier alpha value is -2.77. The van der Waals surface area contributed by atoms with Gasteiger partial charge in [-0.25, -0.2) is 8.78 Å². The van der Waals surface area contributed by atoms with Gasteiger partial charge in [0.1, 0.15) is 11.6 Å². The van der Waals surface area contributed by atoms with Crippen molar-refractivity contribution in [3.63, 3.8) is 0 Å². The molecule has 33 heavy (non-hydrogen) atoms. The molecule has 0 unspecified atom stereocenters. The average Bonchev–Trinajstić information content (AvgIpc) is 2.79. The molecular weight excluding hydrogens is 437 g/mol. The summed E-state index contributed by atoms with van der Waals surface area (Å²) in [6.07, 6.45) is -2.98. The highest BCUT2D eigenvalue weighted by Crippen LogP contribution is 2.37. The van der Waals surface area contributed by atoms with Gasteiger partial charge in [-0.15, -0.1) is 0 Å². The highest BCUT2D eigenvalue weighted by atomic mass is 19.4. The smallest absolute Gasteiger partial charge is 0.376 e. The van der Waals surface area contributed by atoms with Crippen molar-refractivity contribution in [3.8, 4) is 11.1 Å². The minimum atomic E-state index is -4.66. The van der Waals surface area contributed by atoms with Crippen molar-refractivity contribution in [1.82, 2.24) is 5.32 Å². The number of rotatable bonds is 6. The van der Waals surface area contributed by atoms with Crippen molar-refractivity contribution in [3.05, 3.63) is 95.1 Å². The normalized spacial score (nSPS) is 16.0. The Balaban J connectivity index is 1.61. The molecule has 1 saturated heterocycles. The molecule has 0 atom stereocenters. The number of hydrogen-bond acceptors (Lipinski definition) is 2. The van der Waals surface area contributed by atoms with E-state index >= 15 is 0 Å². The van der Waals surface area contributed by atoms with Crippen LogP contribution in [0.5, 0.6) is 0 Å². The Morgan fingerprint density at radius 2 is 1.52 bits per heavy atom. The van der Waals surface area contributed by atoms with E-state index < -0.39 is 28.9 Å². The molecular formula is C26H24F5NO. The largest absolute Gasteiger partial charge is 0.416 e. The molecule has 0 aliphatic carbocycles. The lowest BCUT2D eigenvalue weighted by atomic mass is 9.74. The molecule has 0 amide bonds. The Kier molecular flexibility index (Phi) is 6.81. The van der Waals surface area contributed by atoms with E-state index in [1.807, 2.05) is 30.3 Å². The van der Waals surface area contributed by atoms with E-state index in [9.17, 15) is 22.0 Å². The molecule has 4 rings (SSSR count). The third-order valence-electron chi connectivity index (χ3n) is 6.17. The predicted molar refractivity (Wildman–Crippen MR) is 117 cm³/mol.